The molecule has 17 heavy (non-hydrogen) atoms. The monoisotopic (exact) mass is 296 g/mol. The van der Waals surface area contributed by atoms with Crippen molar-refractivity contribution in [1.82, 2.24) is 9.88 Å². The van der Waals surface area contributed by atoms with E-state index < -0.39 is 0 Å². The Kier molecular flexibility index (Phi) is 4.15. The molecule has 1 aromatic heterocycles. The Labute approximate surface area is 110 Å². The molecule has 3 nitrogen and oxygen atoms in total. The van der Waals surface area contributed by atoms with Crippen LogP contribution in [0, 0.1) is 5.92 Å². The third-order valence-electron chi connectivity index (χ3n) is 3.18. The smallest absolute Gasteiger partial charge is 0.225 e. The molecule has 2 rings (SSSR count). The van der Waals surface area contributed by atoms with Crippen molar-refractivity contribution in [2.24, 2.45) is 5.92 Å². The zero-order valence-electron chi connectivity index (χ0n) is 10.0. The van der Waals surface area contributed by atoms with Gasteiger partial charge in [-0.1, -0.05) is 13.3 Å². The minimum Gasteiger partial charge on any atom is -0.338 e. The zero-order valence-corrected chi connectivity index (χ0v) is 11.6. The van der Waals surface area contributed by atoms with E-state index in [2.05, 4.69) is 20.9 Å². The van der Waals surface area contributed by atoms with Gasteiger partial charge in [0.05, 0.1) is 0 Å². The second-order valence-corrected chi connectivity index (χ2v) is 5.58. The van der Waals surface area contributed by atoms with Crippen LogP contribution in [0.5, 0.6) is 0 Å². The SMILES string of the molecule is C[C@H]1CCCCN(Cc2cncc(Br)c2)C1=O. The van der Waals surface area contributed by atoms with E-state index in [-0.39, 0.29) is 11.8 Å². The Balaban J connectivity index is 2.08. The van der Waals surface area contributed by atoms with Gasteiger partial charge in [0, 0.05) is 35.9 Å². The van der Waals surface area contributed by atoms with Gasteiger partial charge in [0.2, 0.25) is 5.91 Å². The van der Waals surface area contributed by atoms with Gasteiger partial charge in [-0.2, -0.15) is 0 Å². The molecule has 1 saturated heterocycles. The fraction of sp³-hybridized carbons (Fsp3) is 0.538. The predicted molar refractivity (Wildman–Crippen MR) is 70.4 cm³/mol. The fourth-order valence-corrected chi connectivity index (χ4v) is 2.63. The van der Waals surface area contributed by atoms with Crippen LogP contribution in [0.25, 0.3) is 0 Å². The van der Waals surface area contributed by atoms with Gasteiger partial charge in [0.15, 0.2) is 0 Å². The molecule has 4 heteroatoms. The standard InChI is InChI=1S/C13H17BrN2O/c1-10-4-2-3-5-16(13(10)17)9-11-6-12(14)8-15-7-11/h6-8,10H,2-5,9H2,1H3/t10-/m0/s1. The summed E-state index contributed by atoms with van der Waals surface area (Å²) in [6, 6.07) is 2.02. The molecule has 0 unspecified atom stereocenters. The number of aromatic nitrogens is 1. The highest BCUT2D eigenvalue weighted by molar-refractivity contribution is 9.10. The number of nitrogens with zero attached hydrogens (tertiary/aromatic N) is 2. The molecule has 0 bridgehead atoms. The summed E-state index contributed by atoms with van der Waals surface area (Å²) in [7, 11) is 0. The minimum atomic E-state index is 0.164. The molecular weight excluding hydrogens is 280 g/mol. The van der Waals surface area contributed by atoms with Crippen LogP contribution >= 0.6 is 15.9 Å². The summed E-state index contributed by atoms with van der Waals surface area (Å²) < 4.78 is 0.963. The van der Waals surface area contributed by atoms with E-state index in [1.165, 1.54) is 0 Å². The van der Waals surface area contributed by atoms with Crippen LogP contribution in [0.15, 0.2) is 22.9 Å². The van der Waals surface area contributed by atoms with Crippen molar-refractivity contribution in [1.29, 1.82) is 0 Å². The maximum Gasteiger partial charge on any atom is 0.225 e. The second kappa shape index (κ2) is 5.63. The maximum atomic E-state index is 12.1. The number of carbonyl (C=O) groups is 1. The van der Waals surface area contributed by atoms with Gasteiger partial charge >= 0.3 is 0 Å². The van der Waals surface area contributed by atoms with Gasteiger partial charge in [0.25, 0.3) is 0 Å². The maximum absolute atomic E-state index is 12.1. The highest BCUT2D eigenvalue weighted by Crippen LogP contribution is 2.20. The topological polar surface area (TPSA) is 33.2 Å². The van der Waals surface area contributed by atoms with Crippen molar-refractivity contribution < 1.29 is 4.79 Å². The Morgan fingerprint density at radius 3 is 3.06 bits per heavy atom. The summed E-state index contributed by atoms with van der Waals surface area (Å²) in [6.45, 7) is 3.57. The van der Waals surface area contributed by atoms with Crippen LogP contribution < -0.4 is 0 Å². The fourth-order valence-electron chi connectivity index (χ4n) is 2.22. The van der Waals surface area contributed by atoms with Crippen molar-refractivity contribution in [3.05, 3.63) is 28.5 Å². The van der Waals surface area contributed by atoms with Crippen molar-refractivity contribution in [2.45, 2.75) is 32.7 Å². The first-order chi connectivity index (χ1) is 8.16. The lowest BCUT2D eigenvalue weighted by atomic mass is 10.1. The van der Waals surface area contributed by atoms with Crippen molar-refractivity contribution in [3.63, 3.8) is 0 Å². The van der Waals surface area contributed by atoms with Gasteiger partial charge < -0.3 is 4.90 Å². The molecule has 2 heterocycles. The van der Waals surface area contributed by atoms with E-state index in [0.717, 1.165) is 35.8 Å². The highest BCUT2D eigenvalue weighted by atomic mass is 79.9. The third-order valence-corrected chi connectivity index (χ3v) is 3.62. The summed E-state index contributed by atoms with van der Waals surface area (Å²) in [4.78, 5) is 18.2. The van der Waals surface area contributed by atoms with Crippen LogP contribution in [-0.2, 0) is 11.3 Å². The summed E-state index contributed by atoms with van der Waals surface area (Å²) in [5, 5.41) is 0. The van der Waals surface area contributed by atoms with Gasteiger partial charge in [0.1, 0.15) is 0 Å². The second-order valence-electron chi connectivity index (χ2n) is 4.67. The summed E-state index contributed by atoms with van der Waals surface area (Å²) >= 11 is 3.40. The van der Waals surface area contributed by atoms with Crippen LogP contribution in [0.2, 0.25) is 0 Å². The molecule has 1 atom stereocenters. The lowest BCUT2D eigenvalue weighted by Crippen LogP contribution is -2.33. The highest BCUT2D eigenvalue weighted by Gasteiger charge is 2.23. The van der Waals surface area contributed by atoms with Gasteiger partial charge in [-0.25, -0.2) is 0 Å². The van der Waals surface area contributed by atoms with Crippen LogP contribution in [0.3, 0.4) is 0 Å². The normalized spacial score (nSPS) is 21.4. The Hall–Kier alpha value is -0.900. The molecule has 0 radical (unpaired) electrons. The van der Waals surface area contributed by atoms with Crippen molar-refractivity contribution in [2.75, 3.05) is 6.54 Å². The van der Waals surface area contributed by atoms with Crippen molar-refractivity contribution in [3.8, 4) is 0 Å². The van der Waals surface area contributed by atoms with E-state index in [4.69, 9.17) is 0 Å². The molecule has 1 fully saturated rings. The number of carbonyl (C=O) groups excluding carboxylic acids is 1. The molecule has 1 aromatic rings. The first-order valence-electron chi connectivity index (χ1n) is 6.05. The lowest BCUT2D eigenvalue weighted by Gasteiger charge is -2.22. The van der Waals surface area contributed by atoms with E-state index in [1.807, 2.05) is 24.1 Å². The summed E-state index contributed by atoms with van der Waals surface area (Å²) in [5.74, 6) is 0.445. The largest absolute Gasteiger partial charge is 0.338 e. The average molecular weight is 297 g/mol. The molecule has 0 N–H and O–H groups in total. The van der Waals surface area contributed by atoms with Crippen molar-refractivity contribution >= 4 is 21.8 Å². The minimum absolute atomic E-state index is 0.164. The molecule has 92 valence electrons. The zero-order chi connectivity index (χ0) is 12.3. The molecule has 0 aromatic carbocycles. The van der Waals surface area contributed by atoms with Gasteiger partial charge in [-0.05, 0) is 40.4 Å². The van der Waals surface area contributed by atoms with E-state index in [9.17, 15) is 4.79 Å². The molecular formula is C13H17BrN2O. The third kappa shape index (κ3) is 3.28. The van der Waals surface area contributed by atoms with E-state index in [1.54, 1.807) is 6.20 Å². The van der Waals surface area contributed by atoms with E-state index >= 15 is 0 Å². The molecule has 1 aliphatic rings. The first-order valence-corrected chi connectivity index (χ1v) is 6.84. The lowest BCUT2D eigenvalue weighted by molar-refractivity contribution is -0.134. The van der Waals surface area contributed by atoms with E-state index in [0.29, 0.717) is 6.54 Å². The Morgan fingerprint density at radius 1 is 1.47 bits per heavy atom. The number of pyridine rings is 1. The molecule has 1 aliphatic heterocycles. The van der Waals surface area contributed by atoms with Gasteiger partial charge in [-0.3, -0.25) is 9.78 Å². The Bertz CT molecular complexity index is 408. The molecule has 1 amide bonds. The predicted octanol–water partition coefficient (Wildman–Crippen LogP) is 2.99. The summed E-state index contributed by atoms with van der Waals surface area (Å²) in [6.07, 6.45) is 6.87. The van der Waals surface area contributed by atoms with Crippen LogP contribution in [-0.4, -0.2) is 22.3 Å². The molecule has 0 spiro atoms. The number of rotatable bonds is 2. The number of hydrogen-bond acceptors (Lipinski definition) is 2. The number of amides is 1. The van der Waals surface area contributed by atoms with Crippen LogP contribution in [0.1, 0.15) is 31.7 Å². The first kappa shape index (κ1) is 12.6. The average Bonchev–Trinajstić information content (AvgIpc) is 2.45. The quantitative estimate of drug-likeness (QED) is 0.841. The van der Waals surface area contributed by atoms with Crippen LogP contribution in [0.4, 0.5) is 0 Å². The number of hydrogen-bond donors (Lipinski definition) is 0. The molecule has 0 saturated carbocycles. The number of likely N-dealkylation sites (tertiary alicyclic amines) is 1. The molecule has 0 aliphatic carbocycles. The number of halogens is 1. The summed E-state index contributed by atoms with van der Waals surface area (Å²) in [5.41, 5.74) is 1.09. The van der Waals surface area contributed by atoms with Gasteiger partial charge in [-0.15, -0.1) is 0 Å². The Morgan fingerprint density at radius 2 is 2.29 bits per heavy atom.